The van der Waals surface area contributed by atoms with E-state index < -0.39 is 0 Å². The van der Waals surface area contributed by atoms with Crippen LogP contribution in [0.2, 0.25) is 0 Å². The Hall–Kier alpha value is -8.14. The molecule has 0 bridgehead atoms. The molecule has 3 aliphatic rings. The fourth-order valence-electron chi connectivity index (χ4n) is 11.1. The third-order valence-electron chi connectivity index (χ3n) is 14.3. The zero-order chi connectivity index (χ0) is 43.9. The van der Waals surface area contributed by atoms with E-state index in [2.05, 4.69) is 253 Å². The minimum Gasteiger partial charge on any atom is -0.310 e. The summed E-state index contributed by atoms with van der Waals surface area (Å²) in [6, 6.07) is 78.4. The molecule has 0 atom stereocenters. The molecule has 13 rings (SSSR count). The van der Waals surface area contributed by atoms with Crippen molar-refractivity contribution in [3.8, 4) is 11.1 Å². The number of benzene rings is 10. The van der Waals surface area contributed by atoms with Gasteiger partial charge in [0.05, 0.1) is 22.7 Å². The molecule has 0 unspecified atom stereocenters. The normalized spacial score (nSPS) is 14.2. The van der Waals surface area contributed by atoms with Crippen LogP contribution in [0.3, 0.4) is 0 Å². The van der Waals surface area contributed by atoms with Crippen molar-refractivity contribution in [1.82, 2.24) is 0 Å². The van der Waals surface area contributed by atoms with Crippen molar-refractivity contribution < 1.29 is 0 Å². The van der Waals surface area contributed by atoms with Crippen LogP contribution in [0.4, 0.5) is 51.2 Å². The Morgan fingerprint density at radius 2 is 0.894 bits per heavy atom. The third kappa shape index (κ3) is 6.04. The zero-order valence-electron chi connectivity index (χ0n) is 37.1. The minimum atomic E-state index is -0.122. The Bertz CT molecular complexity index is 3510. The Kier molecular flexibility index (Phi) is 8.69. The van der Waals surface area contributed by atoms with E-state index in [9.17, 15) is 0 Å². The summed E-state index contributed by atoms with van der Waals surface area (Å²) in [6.07, 6.45) is 6.44. The lowest BCUT2D eigenvalue weighted by Gasteiger charge is -2.40. The highest BCUT2D eigenvalue weighted by molar-refractivity contribution is 6.10. The molecule has 0 amide bonds. The van der Waals surface area contributed by atoms with E-state index in [1.54, 1.807) is 0 Å². The van der Waals surface area contributed by atoms with Gasteiger partial charge in [-0.2, -0.15) is 0 Å². The van der Waals surface area contributed by atoms with E-state index in [4.69, 9.17) is 0 Å². The predicted molar refractivity (Wildman–Crippen MR) is 279 cm³/mol. The molecule has 1 aliphatic carbocycles. The second-order valence-electron chi connectivity index (χ2n) is 18.5. The molecule has 0 fully saturated rings. The van der Waals surface area contributed by atoms with Gasteiger partial charge in [-0.3, -0.25) is 0 Å². The summed E-state index contributed by atoms with van der Waals surface area (Å²) in [7, 11) is 0. The van der Waals surface area contributed by atoms with Crippen LogP contribution in [0.1, 0.15) is 47.2 Å². The second kappa shape index (κ2) is 15.0. The Morgan fingerprint density at radius 1 is 0.409 bits per heavy atom. The molecule has 314 valence electrons. The number of fused-ring (bicyclic) bond motifs is 10. The molecule has 2 aliphatic heterocycles. The summed E-state index contributed by atoms with van der Waals surface area (Å²) in [5.41, 5.74) is 21.3. The average Bonchev–Trinajstić information content (AvgIpc) is 3.59. The molecule has 0 aromatic heterocycles. The molecule has 0 radical (unpaired) electrons. The summed E-state index contributed by atoms with van der Waals surface area (Å²) in [4.78, 5) is 7.24. The van der Waals surface area contributed by atoms with E-state index in [0.29, 0.717) is 0 Å². The van der Waals surface area contributed by atoms with Crippen molar-refractivity contribution in [2.24, 2.45) is 0 Å². The van der Waals surface area contributed by atoms with Gasteiger partial charge < -0.3 is 14.7 Å². The van der Waals surface area contributed by atoms with E-state index in [1.165, 1.54) is 83.1 Å². The highest BCUT2D eigenvalue weighted by Crippen LogP contribution is 2.55. The Morgan fingerprint density at radius 3 is 1.55 bits per heavy atom. The summed E-state index contributed by atoms with van der Waals surface area (Å²) in [5.74, 6) is 0. The maximum absolute atomic E-state index is 2.46. The van der Waals surface area contributed by atoms with Crippen molar-refractivity contribution in [3.05, 3.63) is 252 Å². The minimum absolute atomic E-state index is 0.122. The van der Waals surface area contributed by atoms with Crippen LogP contribution >= 0.6 is 0 Å². The lowest BCUT2D eigenvalue weighted by Crippen LogP contribution is -2.23. The summed E-state index contributed by atoms with van der Waals surface area (Å²) >= 11 is 0. The van der Waals surface area contributed by atoms with Gasteiger partial charge in [0, 0.05) is 40.3 Å². The first-order chi connectivity index (χ1) is 32.5. The van der Waals surface area contributed by atoms with E-state index >= 15 is 0 Å². The zero-order valence-corrected chi connectivity index (χ0v) is 37.1. The molecule has 10 aromatic carbocycles. The SMILES string of the molecule is CC1(C)c2cc(CC=Cc3ccc4c(ccc5cc(N6c7ccccc7N(c7ccccc7)c7ccccc76)ccc54)c3)ccc2-c2ccc(N3c4ccccc4Cc4ccccc43)cc21. The number of hydrogen-bond acceptors (Lipinski definition) is 3. The first kappa shape index (κ1) is 38.3. The smallest absolute Gasteiger partial charge is 0.0703 e. The number of rotatable bonds is 6. The van der Waals surface area contributed by atoms with Gasteiger partial charge in [0.25, 0.3) is 0 Å². The van der Waals surface area contributed by atoms with E-state index in [-0.39, 0.29) is 5.41 Å². The molecule has 0 spiro atoms. The van der Waals surface area contributed by atoms with Crippen LogP contribution in [0.5, 0.6) is 0 Å². The molecule has 0 saturated heterocycles. The van der Waals surface area contributed by atoms with Gasteiger partial charge in [-0.15, -0.1) is 0 Å². The van der Waals surface area contributed by atoms with Gasteiger partial charge in [0.1, 0.15) is 0 Å². The van der Waals surface area contributed by atoms with Gasteiger partial charge >= 0.3 is 0 Å². The summed E-state index contributed by atoms with van der Waals surface area (Å²) < 4.78 is 0. The lowest BCUT2D eigenvalue weighted by atomic mass is 9.81. The maximum Gasteiger partial charge on any atom is 0.0703 e. The molecular formula is C63H47N3. The van der Waals surface area contributed by atoms with Gasteiger partial charge in [-0.1, -0.05) is 159 Å². The molecule has 66 heavy (non-hydrogen) atoms. The number of hydrogen-bond donors (Lipinski definition) is 0. The van der Waals surface area contributed by atoms with Crippen molar-refractivity contribution in [1.29, 1.82) is 0 Å². The van der Waals surface area contributed by atoms with Crippen molar-refractivity contribution in [2.45, 2.75) is 32.1 Å². The van der Waals surface area contributed by atoms with Gasteiger partial charge in [-0.25, -0.2) is 0 Å². The van der Waals surface area contributed by atoms with E-state index in [1.807, 2.05) is 0 Å². The third-order valence-corrected chi connectivity index (χ3v) is 14.3. The van der Waals surface area contributed by atoms with Gasteiger partial charge in [0.15, 0.2) is 0 Å². The van der Waals surface area contributed by atoms with Crippen molar-refractivity contribution in [2.75, 3.05) is 14.7 Å². The average molecular weight is 846 g/mol. The van der Waals surface area contributed by atoms with Crippen LogP contribution in [0, 0.1) is 0 Å². The number of anilines is 9. The Labute approximate surface area is 386 Å². The summed E-state index contributed by atoms with van der Waals surface area (Å²) in [6.45, 7) is 4.79. The van der Waals surface area contributed by atoms with Gasteiger partial charge in [-0.05, 0) is 151 Å². The largest absolute Gasteiger partial charge is 0.310 e. The van der Waals surface area contributed by atoms with E-state index in [0.717, 1.165) is 47.0 Å². The predicted octanol–water partition coefficient (Wildman–Crippen LogP) is 17.2. The standard InChI is InChI=1S/C63H47N3/c1-63(2)55-38-43(28-34-53(55)54-36-32-50(41-56(54)63)65-57-21-8-6-17-46(57)39-47-18-7-9-22-58(47)65)16-14-15-42-27-33-51-44(37-42)29-30-45-40-49(31-35-52(45)51)66-61-25-12-10-23-59(61)64(48-19-4-3-5-20-48)60-24-11-13-26-62(60)66/h3-15,17-38,40-41H,16,39H2,1-2H3. The Balaban J connectivity index is 0.763. The molecule has 2 heterocycles. The molecule has 0 saturated carbocycles. The van der Waals surface area contributed by atoms with Crippen molar-refractivity contribution >= 4 is 78.8 Å². The number of allylic oxidation sites excluding steroid dienone is 1. The molecule has 3 nitrogen and oxygen atoms in total. The quantitative estimate of drug-likeness (QED) is 0.154. The topological polar surface area (TPSA) is 9.72 Å². The first-order valence-electron chi connectivity index (χ1n) is 23.2. The maximum atomic E-state index is 2.46. The fourth-order valence-corrected chi connectivity index (χ4v) is 11.1. The molecular weight excluding hydrogens is 799 g/mol. The molecule has 10 aromatic rings. The van der Waals surface area contributed by atoms with Crippen LogP contribution < -0.4 is 14.7 Å². The number of nitrogens with zero attached hydrogens (tertiary/aromatic N) is 3. The monoisotopic (exact) mass is 845 g/mol. The molecule has 0 N–H and O–H groups in total. The van der Waals surface area contributed by atoms with Crippen molar-refractivity contribution in [3.63, 3.8) is 0 Å². The lowest BCUT2D eigenvalue weighted by molar-refractivity contribution is 0.659. The second-order valence-corrected chi connectivity index (χ2v) is 18.5. The highest BCUT2D eigenvalue weighted by atomic mass is 15.3. The van der Waals surface area contributed by atoms with Crippen LogP contribution in [-0.4, -0.2) is 0 Å². The van der Waals surface area contributed by atoms with Crippen LogP contribution in [0.15, 0.2) is 218 Å². The summed E-state index contributed by atoms with van der Waals surface area (Å²) in [5, 5.41) is 5.00. The highest BCUT2D eigenvalue weighted by Gasteiger charge is 2.37. The van der Waals surface area contributed by atoms with Gasteiger partial charge in [0.2, 0.25) is 0 Å². The fraction of sp³-hybridized carbons (Fsp3) is 0.0794. The first-order valence-corrected chi connectivity index (χ1v) is 23.2. The van der Waals surface area contributed by atoms with Crippen LogP contribution in [-0.2, 0) is 18.3 Å². The van der Waals surface area contributed by atoms with Crippen LogP contribution in [0.25, 0.3) is 38.7 Å². The molecule has 3 heteroatoms. The number of para-hydroxylation sites is 7.